The van der Waals surface area contributed by atoms with Gasteiger partial charge in [-0.3, -0.25) is 0 Å². The van der Waals surface area contributed by atoms with Gasteiger partial charge in [0.1, 0.15) is 0 Å². The van der Waals surface area contributed by atoms with Crippen LogP contribution < -0.4 is 0 Å². The number of benzene rings is 6. The Morgan fingerprint density at radius 1 is 0.198 bits per heavy atom. The van der Waals surface area contributed by atoms with Crippen LogP contribution in [0.2, 0.25) is 0 Å². The standard InChI is InChI=1S/2C10H14.2C9H12.4C8H16.2C8H10.C6H12O2.2CH4/c1-7-5-8(2)10(4)9(3)6-7;1-7-5-6-8(2)10(4)9(7)3;2*1-7-4-5-8(2)9(3)6-7;6*1-7-3-5-8(2)6-4-7;1-5-3-7-6(2)8-4-5;;/h2*5-6H,1-4H3;2*4-6H,1-3H3;4*7-8H,3-6H2,1-2H3;2*3-6H,1-2H3;5-6H,3-4H2,1-2H3;2*1H4. The second-order valence-corrected chi connectivity index (χ2v) is 31.3. The summed E-state index contributed by atoms with van der Waals surface area (Å²) < 4.78 is 10.3. The van der Waals surface area contributed by atoms with Crippen LogP contribution in [-0.2, 0) is 9.47 Å². The molecule has 4 saturated carbocycles. The van der Waals surface area contributed by atoms with Gasteiger partial charge in [0.2, 0.25) is 0 Å². The van der Waals surface area contributed by atoms with E-state index in [1.54, 1.807) is 0 Å². The third-order valence-electron chi connectivity index (χ3n) is 20.6. The average Bonchev–Trinajstić information content (AvgIpc) is 1.38. The van der Waals surface area contributed by atoms with Gasteiger partial charge in [0.05, 0.1) is 13.2 Å². The van der Waals surface area contributed by atoms with Crippen LogP contribution in [0.4, 0.5) is 0 Å². The fourth-order valence-electron chi connectivity index (χ4n) is 11.8. The molecule has 1 saturated heterocycles. The summed E-state index contributed by atoms with van der Waals surface area (Å²) in [4.78, 5) is 0. The third kappa shape index (κ3) is 45.0. The summed E-state index contributed by atoms with van der Waals surface area (Å²) in [6.45, 7) is 63.1. The molecule has 11 rings (SSSR count). The molecule has 0 amide bonds. The summed E-state index contributed by atoms with van der Waals surface area (Å²) in [5, 5.41) is 0. The third-order valence-corrected chi connectivity index (χ3v) is 20.6. The SMILES string of the molecule is C.C.CC1CCC(C)CC1.CC1CCC(C)CC1.CC1CCC(C)CC1.CC1CCC(C)CC1.CC1COC(C)OC1.Cc1cc(C)c(C)c(C)c1.Cc1ccc(C)c(C)c1.Cc1ccc(C)c(C)c1.Cc1ccc(C)c(C)c1C.Cc1ccc(C)cc1.Cc1ccc(C)cc1. The van der Waals surface area contributed by atoms with Crippen LogP contribution in [0.25, 0.3) is 0 Å². The van der Waals surface area contributed by atoms with Crippen molar-refractivity contribution in [2.24, 2.45) is 53.3 Å². The van der Waals surface area contributed by atoms with E-state index in [1.807, 2.05) is 6.92 Å². The molecule has 0 aromatic heterocycles. The highest BCUT2D eigenvalue weighted by atomic mass is 16.7. The summed E-state index contributed by atoms with van der Waals surface area (Å²) in [6.07, 6.45) is 23.6. The molecule has 0 bridgehead atoms. The lowest BCUT2D eigenvalue weighted by Gasteiger charge is -2.24. The lowest BCUT2D eigenvalue weighted by atomic mass is 9.84. The second-order valence-electron chi connectivity index (χ2n) is 31.3. The molecular formula is C94H156O2. The largest absolute Gasteiger partial charge is 0.353 e. The summed E-state index contributed by atoms with van der Waals surface area (Å²) in [5.41, 5.74) is 24.8. The van der Waals surface area contributed by atoms with Crippen LogP contribution in [0.5, 0.6) is 0 Å². The number of ether oxygens (including phenoxy) is 2. The molecule has 0 spiro atoms. The van der Waals surface area contributed by atoms with Gasteiger partial charge in [0, 0.05) is 5.92 Å². The van der Waals surface area contributed by atoms with E-state index in [0.717, 1.165) is 60.6 Å². The molecule has 4 aliphatic carbocycles. The van der Waals surface area contributed by atoms with E-state index in [2.05, 4.69) is 296 Å². The predicted molar refractivity (Wildman–Crippen MR) is 435 cm³/mol. The Kier molecular flexibility index (Phi) is 50.8. The molecule has 2 nitrogen and oxygen atoms in total. The Morgan fingerprint density at radius 3 is 0.573 bits per heavy atom. The van der Waals surface area contributed by atoms with Crippen LogP contribution in [0.1, 0.15) is 287 Å². The van der Waals surface area contributed by atoms with Crippen molar-refractivity contribution in [1.82, 2.24) is 0 Å². The molecule has 6 aromatic carbocycles. The van der Waals surface area contributed by atoms with Crippen LogP contribution in [0.15, 0.2) is 109 Å². The molecule has 5 fully saturated rings. The number of aryl methyl sites for hydroxylation is 15. The first kappa shape index (κ1) is 93.3. The zero-order valence-electron chi connectivity index (χ0n) is 66.7. The smallest absolute Gasteiger partial charge is 0.154 e. The van der Waals surface area contributed by atoms with Crippen molar-refractivity contribution in [3.05, 3.63) is 209 Å². The highest BCUT2D eigenvalue weighted by molar-refractivity contribution is 5.38. The van der Waals surface area contributed by atoms with Gasteiger partial charge in [-0.2, -0.15) is 0 Å². The predicted octanol–water partition coefficient (Wildman–Crippen LogP) is 29.3. The summed E-state index contributed by atoms with van der Waals surface area (Å²) >= 11 is 0. The molecule has 1 heterocycles. The normalized spacial score (nSPS) is 22.0. The number of hydrogen-bond donors (Lipinski definition) is 0. The van der Waals surface area contributed by atoms with Crippen LogP contribution in [-0.4, -0.2) is 19.5 Å². The molecule has 5 aliphatic rings. The molecule has 0 unspecified atom stereocenters. The highest BCUT2D eigenvalue weighted by Gasteiger charge is 2.17. The van der Waals surface area contributed by atoms with Gasteiger partial charge in [-0.15, -0.1) is 0 Å². The minimum atomic E-state index is 0. The number of rotatable bonds is 0. The quantitative estimate of drug-likeness (QED) is 0.151. The molecule has 6 aromatic rings. The minimum Gasteiger partial charge on any atom is -0.353 e. The van der Waals surface area contributed by atoms with Gasteiger partial charge in [-0.1, -0.05) is 328 Å². The maximum Gasteiger partial charge on any atom is 0.154 e. The van der Waals surface area contributed by atoms with E-state index < -0.39 is 0 Å². The zero-order valence-corrected chi connectivity index (χ0v) is 66.7. The molecule has 1 aliphatic heterocycles. The Balaban J connectivity index is 0. The second kappa shape index (κ2) is 52.3. The first-order valence-electron chi connectivity index (χ1n) is 37.6. The molecule has 0 atom stereocenters. The lowest BCUT2D eigenvalue weighted by molar-refractivity contribution is -0.187. The first-order valence-corrected chi connectivity index (χ1v) is 37.6. The summed E-state index contributed by atoms with van der Waals surface area (Å²) in [7, 11) is 0. The van der Waals surface area contributed by atoms with Gasteiger partial charge in [-0.25, -0.2) is 0 Å². The molecule has 544 valence electrons. The topological polar surface area (TPSA) is 18.5 Å². The van der Waals surface area contributed by atoms with Crippen LogP contribution in [0, 0.1) is 178 Å². The fraction of sp³-hybridized carbons (Fsp3) is 0.617. The van der Waals surface area contributed by atoms with Crippen LogP contribution >= 0.6 is 0 Å². The lowest BCUT2D eigenvalue weighted by Crippen LogP contribution is -2.27. The fourth-order valence-corrected chi connectivity index (χ4v) is 11.8. The Labute approximate surface area is 599 Å². The van der Waals surface area contributed by atoms with Crippen molar-refractivity contribution in [1.29, 1.82) is 0 Å². The van der Waals surface area contributed by atoms with Gasteiger partial charge in [-0.05, 0) is 240 Å². The average molecular weight is 1320 g/mol. The first-order chi connectivity index (χ1) is 44.1. The number of hydrogen-bond acceptors (Lipinski definition) is 2. The molecule has 2 heteroatoms. The Morgan fingerprint density at radius 2 is 0.385 bits per heavy atom. The van der Waals surface area contributed by atoms with Crippen molar-refractivity contribution >= 4 is 0 Å². The monoisotopic (exact) mass is 1320 g/mol. The van der Waals surface area contributed by atoms with E-state index in [9.17, 15) is 0 Å². The minimum absolute atomic E-state index is 0. The van der Waals surface area contributed by atoms with E-state index in [0.29, 0.717) is 5.92 Å². The van der Waals surface area contributed by atoms with Crippen molar-refractivity contribution in [3.63, 3.8) is 0 Å². The Bertz CT molecular complexity index is 2510. The van der Waals surface area contributed by atoms with Crippen molar-refractivity contribution in [3.8, 4) is 0 Å². The van der Waals surface area contributed by atoms with Gasteiger partial charge in [0.15, 0.2) is 6.29 Å². The van der Waals surface area contributed by atoms with Gasteiger partial charge in [0.25, 0.3) is 0 Å². The van der Waals surface area contributed by atoms with E-state index in [4.69, 9.17) is 9.47 Å². The van der Waals surface area contributed by atoms with Gasteiger partial charge < -0.3 is 9.47 Å². The van der Waals surface area contributed by atoms with Gasteiger partial charge >= 0.3 is 0 Å². The maximum absolute atomic E-state index is 5.17. The molecule has 0 radical (unpaired) electrons. The van der Waals surface area contributed by atoms with E-state index in [1.165, 1.54) is 203 Å². The maximum atomic E-state index is 5.17. The highest BCUT2D eigenvalue weighted by Crippen LogP contribution is 2.30. The Hall–Kier alpha value is -4.76. The molecular weight excluding hydrogens is 1160 g/mol. The summed E-state index contributed by atoms with van der Waals surface area (Å²) in [6, 6.07) is 38.8. The zero-order chi connectivity index (χ0) is 71.0. The van der Waals surface area contributed by atoms with Crippen molar-refractivity contribution < 1.29 is 9.47 Å². The van der Waals surface area contributed by atoms with E-state index >= 15 is 0 Å². The van der Waals surface area contributed by atoms with E-state index in [-0.39, 0.29) is 21.1 Å². The molecule has 96 heavy (non-hydrogen) atoms. The summed E-state index contributed by atoms with van der Waals surface area (Å²) in [5.74, 6) is 8.73. The van der Waals surface area contributed by atoms with Crippen molar-refractivity contribution in [2.45, 2.75) is 318 Å². The van der Waals surface area contributed by atoms with Crippen molar-refractivity contribution in [2.75, 3.05) is 13.2 Å². The molecule has 0 N–H and O–H groups in total. The van der Waals surface area contributed by atoms with Crippen LogP contribution in [0.3, 0.4) is 0 Å².